The summed E-state index contributed by atoms with van der Waals surface area (Å²) in [4.78, 5) is 12.3. The molecule has 0 aromatic carbocycles. The second-order valence-corrected chi connectivity index (χ2v) is 14.2. The van der Waals surface area contributed by atoms with Crippen LogP contribution < -0.4 is 0 Å². The Morgan fingerprint density at radius 3 is 2.62 bits per heavy atom. The van der Waals surface area contributed by atoms with E-state index in [1.54, 1.807) is 0 Å². The highest BCUT2D eigenvalue weighted by molar-refractivity contribution is 6.69. The molecule has 136 valence electrons. The van der Waals surface area contributed by atoms with Gasteiger partial charge in [-0.05, 0) is 76.4 Å². The van der Waals surface area contributed by atoms with E-state index in [4.69, 9.17) is 4.43 Å². The van der Waals surface area contributed by atoms with E-state index in [0.29, 0.717) is 23.5 Å². The summed E-state index contributed by atoms with van der Waals surface area (Å²) in [6.07, 6.45) is 6.32. The first kappa shape index (κ1) is 19.7. The molecule has 0 amide bonds. The predicted molar refractivity (Wildman–Crippen MR) is 103 cm³/mol. The van der Waals surface area contributed by atoms with Gasteiger partial charge >= 0.3 is 0 Å². The van der Waals surface area contributed by atoms with Crippen molar-refractivity contribution in [3.63, 3.8) is 0 Å². The average molecular weight is 349 g/mol. The lowest BCUT2D eigenvalue weighted by Crippen LogP contribution is -2.39. The highest BCUT2D eigenvalue weighted by Gasteiger charge is 2.52. The Labute approximate surface area is 150 Å². The summed E-state index contributed by atoms with van der Waals surface area (Å²) < 4.78 is 6.17. The molecule has 3 heteroatoms. The van der Waals surface area contributed by atoms with Gasteiger partial charge in [-0.3, -0.25) is 4.79 Å². The summed E-state index contributed by atoms with van der Waals surface area (Å²) in [6, 6.07) is 0. The van der Waals surface area contributed by atoms with Crippen LogP contribution >= 0.6 is 0 Å². The summed E-state index contributed by atoms with van der Waals surface area (Å²) >= 11 is 0. The first-order valence-corrected chi connectivity index (χ1v) is 13.1. The van der Waals surface area contributed by atoms with E-state index in [2.05, 4.69) is 59.2 Å². The number of carbonyl (C=O) groups excluding carboxylic acids is 1. The van der Waals surface area contributed by atoms with E-state index in [0.717, 1.165) is 25.7 Å². The second-order valence-electron chi connectivity index (χ2n) is 9.77. The summed E-state index contributed by atoms with van der Waals surface area (Å²) in [6.45, 7) is 15.5. The zero-order valence-electron chi connectivity index (χ0n) is 16.8. The highest BCUT2D eigenvalue weighted by Crippen LogP contribution is 2.56. The second kappa shape index (κ2) is 6.96. The van der Waals surface area contributed by atoms with Crippen molar-refractivity contribution < 1.29 is 9.22 Å². The van der Waals surface area contributed by atoms with Gasteiger partial charge in [0.2, 0.25) is 0 Å². The lowest BCUT2D eigenvalue weighted by molar-refractivity contribution is -0.130. The maximum Gasteiger partial charge on any atom is 0.185 e. The molecule has 0 saturated heterocycles. The van der Waals surface area contributed by atoms with Gasteiger partial charge < -0.3 is 4.43 Å². The quantitative estimate of drug-likeness (QED) is 0.500. The monoisotopic (exact) mass is 348 g/mol. The SMILES string of the molecule is C[C@H](CC#CC(C)(C)O[Si](C)(C)C)[C@H]1CC[C@H]2C(=O)CCC[C@]12C. The van der Waals surface area contributed by atoms with Crippen molar-refractivity contribution in [2.45, 2.75) is 91.5 Å². The minimum absolute atomic E-state index is 0.223. The van der Waals surface area contributed by atoms with Crippen LogP contribution in [0.25, 0.3) is 0 Å². The van der Waals surface area contributed by atoms with Crippen LogP contribution in [0.15, 0.2) is 0 Å². The number of hydrogen-bond donors (Lipinski definition) is 0. The van der Waals surface area contributed by atoms with E-state index in [1.165, 1.54) is 12.8 Å². The Morgan fingerprint density at radius 1 is 1.33 bits per heavy atom. The van der Waals surface area contributed by atoms with Gasteiger partial charge in [0, 0.05) is 18.8 Å². The van der Waals surface area contributed by atoms with E-state index < -0.39 is 8.32 Å². The number of rotatable bonds is 4. The molecule has 0 spiro atoms. The fourth-order valence-electron chi connectivity index (χ4n) is 5.26. The normalized spacial score (nSPS) is 32.0. The molecule has 2 saturated carbocycles. The number of hydrogen-bond acceptors (Lipinski definition) is 2. The largest absolute Gasteiger partial charge is 0.402 e. The number of Topliss-reactive ketones (excluding diaryl/α,β-unsaturated/α-hetero) is 1. The van der Waals surface area contributed by atoms with Crippen molar-refractivity contribution in [1.82, 2.24) is 0 Å². The van der Waals surface area contributed by atoms with Crippen molar-refractivity contribution in [1.29, 1.82) is 0 Å². The highest BCUT2D eigenvalue weighted by atomic mass is 28.4. The van der Waals surface area contributed by atoms with Crippen LogP contribution in [0.1, 0.15) is 66.2 Å². The molecular weight excluding hydrogens is 312 g/mol. The van der Waals surface area contributed by atoms with Crippen LogP contribution in [0.4, 0.5) is 0 Å². The fraction of sp³-hybridized carbons (Fsp3) is 0.857. The van der Waals surface area contributed by atoms with Crippen LogP contribution in [-0.4, -0.2) is 19.7 Å². The zero-order valence-corrected chi connectivity index (χ0v) is 17.8. The van der Waals surface area contributed by atoms with Gasteiger partial charge in [0.1, 0.15) is 11.4 Å². The van der Waals surface area contributed by atoms with Crippen LogP contribution in [0.2, 0.25) is 19.6 Å². The Balaban J connectivity index is 2.00. The Morgan fingerprint density at radius 2 is 2.00 bits per heavy atom. The molecule has 0 aromatic heterocycles. The van der Waals surface area contributed by atoms with Crippen molar-refractivity contribution in [3.05, 3.63) is 0 Å². The van der Waals surface area contributed by atoms with E-state index >= 15 is 0 Å². The Hall–Kier alpha value is -0.593. The van der Waals surface area contributed by atoms with Gasteiger partial charge in [0.05, 0.1) is 0 Å². The van der Waals surface area contributed by atoms with Crippen LogP contribution in [0.5, 0.6) is 0 Å². The molecule has 2 fully saturated rings. The molecule has 2 aliphatic carbocycles. The zero-order chi connectivity index (χ0) is 18.2. The van der Waals surface area contributed by atoms with Crippen molar-refractivity contribution in [3.8, 4) is 11.8 Å². The van der Waals surface area contributed by atoms with Gasteiger partial charge in [-0.1, -0.05) is 19.8 Å². The summed E-state index contributed by atoms with van der Waals surface area (Å²) in [5, 5.41) is 0. The molecule has 24 heavy (non-hydrogen) atoms. The van der Waals surface area contributed by atoms with E-state index in [-0.39, 0.29) is 11.0 Å². The molecule has 2 rings (SSSR count). The molecule has 0 aliphatic heterocycles. The lowest BCUT2D eigenvalue weighted by Gasteiger charge is -2.42. The third-order valence-electron chi connectivity index (χ3n) is 6.00. The lowest BCUT2D eigenvalue weighted by atomic mass is 9.62. The Bertz CT molecular complexity index is 534. The fourth-order valence-corrected chi connectivity index (χ4v) is 6.84. The standard InChI is InChI=1S/C21H36O2Si/c1-16(10-8-14-20(2,3)23-24(5,6)7)17-12-13-18-19(22)11-9-15-21(17,18)4/h16-18H,9-13,15H2,1-7H3/t16-,17-,18+,21-/m1/s1. The molecule has 0 heterocycles. The van der Waals surface area contributed by atoms with Crippen molar-refractivity contribution >= 4 is 14.1 Å². The molecular formula is C21H36O2Si. The van der Waals surface area contributed by atoms with Crippen LogP contribution in [0, 0.1) is 35.0 Å². The molecule has 0 aromatic rings. The topological polar surface area (TPSA) is 26.3 Å². The molecule has 2 nitrogen and oxygen atoms in total. The number of fused-ring (bicyclic) bond motifs is 1. The maximum atomic E-state index is 12.3. The minimum Gasteiger partial charge on any atom is -0.402 e. The summed E-state index contributed by atoms with van der Waals surface area (Å²) in [5.74, 6) is 8.81. The smallest absolute Gasteiger partial charge is 0.185 e. The molecule has 0 radical (unpaired) electrons. The maximum absolute atomic E-state index is 12.3. The van der Waals surface area contributed by atoms with E-state index in [9.17, 15) is 4.79 Å². The molecule has 0 bridgehead atoms. The molecule has 2 aliphatic rings. The van der Waals surface area contributed by atoms with Crippen LogP contribution in [-0.2, 0) is 9.22 Å². The van der Waals surface area contributed by atoms with Gasteiger partial charge in [-0.25, -0.2) is 0 Å². The Kier molecular flexibility index (Phi) is 5.72. The molecule has 0 unspecified atom stereocenters. The molecule has 0 N–H and O–H groups in total. The van der Waals surface area contributed by atoms with Gasteiger partial charge in [-0.15, -0.1) is 5.92 Å². The predicted octanol–water partition coefficient (Wildman–Crippen LogP) is 5.43. The number of carbonyl (C=O) groups is 1. The van der Waals surface area contributed by atoms with Crippen molar-refractivity contribution in [2.75, 3.05) is 0 Å². The average Bonchev–Trinajstić information content (AvgIpc) is 2.74. The molecule has 4 atom stereocenters. The van der Waals surface area contributed by atoms with Crippen molar-refractivity contribution in [2.24, 2.45) is 23.2 Å². The van der Waals surface area contributed by atoms with Crippen LogP contribution in [0.3, 0.4) is 0 Å². The first-order valence-electron chi connectivity index (χ1n) is 9.67. The summed E-state index contributed by atoms with van der Waals surface area (Å²) in [5.41, 5.74) is -0.131. The minimum atomic E-state index is -1.58. The van der Waals surface area contributed by atoms with Gasteiger partial charge in [-0.2, -0.15) is 0 Å². The first-order chi connectivity index (χ1) is 10.9. The summed E-state index contributed by atoms with van der Waals surface area (Å²) in [7, 11) is -1.58. The van der Waals surface area contributed by atoms with Gasteiger partial charge in [0.25, 0.3) is 0 Å². The number of ketones is 1. The third kappa shape index (κ3) is 4.52. The van der Waals surface area contributed by atoms with Gasteiger partial charge in [0.15, 0.2) is 8.32 Å². The van der Waals surface area contributed by atoms with E-state index in [1.807, 2.05) is 0 Å². The third-order valence-corrected chi connectivity index (χ3v) is 7.12.